The van der Waals surface area contributed by atoms with Crippen molar-refractivity contribution < 1.29 is 9.32 Å². The lowest BCUT2D eigenvalue weighted by Gasteiger charge is -2.41. The zero-order valence-electron chi connectivity index (χ0n) is 16.2. The molecule has 1 aliphatic heterocycles. The maximum Gasteiger partial charge on any atom is 0.276 e. The number of hydrogen-bond donors (Lipinski definition) is 0. The zero-order chi connectivity index (χ0) is 18.7. The first-order valence-corrected chi connectivity index (χ1v) is 9.47. The van der Waals surface area contributed by atoms with Crippen LogP contribution in [0, 0.1) is 0 Å². The molecule has 0 aliphatic carbocycles. The summed E-state index contributed by atoms with van der Waals surface area (Å²) in [4.78, 5) is 17.1. The highest BCUT2D eigenvalue weighted by Crippen LogP contribution is 2.24. The van der Waals surface area contributed by atoms with Crippen LogP contribution in [0.15, 0.2) is 40.9 Å². The fraction of sp³-hybridized carbons (Fsp3) is 0.524. The van der Waals surface area contributed by atoms with E-state index in [0.29, 0.717) is 11.7 Å². The van der Waals surface area contributed by atoms with Gasteiger partial charge >= 0.3 is 0 Å². The molecule has 2 aromatic rings. The molecule has 5 heteroatoms. The summed E-state index contributed by atoms with van der Waals surface area (Å²) >= 11 is 0. The van der Waals surface area contributed by atoms with Gasteiger partial charge in [-0.1, -0.05) is 49.3 Å². The zero-order valence-corrected chi connectivity index (χ0v) is 16.2. The van der Waals surface area contributed by atoms with Gasteiger partial charge in [0.05, 0.1) is 0 Å². The smallest absolute Gasteiger partial charge is 0.276 e. The molecular weight excluding hydrogens is 326 g/mol. The SMILES string of the molecule is CC(C)c1cc(C(=O)N(C)[C@H]2CCN(Cc3ccccc3)[C@@H](C)C2)no1. The van der Waals surface area contributed by atoms with Crippen molar-refractivity contribution in [3.63, 3.8) is 0 Å². The summed E-state index contributed by atoms with van der Waals surface area (Å²) in [6, 6.07) is 13.0. The third kappa shape index (κ3) is 4.15. The third-order valence-electron chi connectivity index (χ3n) is 5.40. The molecule has 26 heavy (non-hydrogen) atoms. The first kappa shape index (κ1) is 18.6. The summed E-state index contributed by atoms with van der Waals surface area (Å²) in [5.41, 5.74) is 1.75. The van der Waals surface area contributed by atoms with Crippen molar-refractivity contribution in [2.75, 3.05) is 13.6 Å². The average Bonchev–Trinajstić information content (AvgIpc) is 3.13. The normalized spacial score (nSPS) is 21.1. The van der Waals surface area contributed by atoms with E-state index in [1.165, 1.54) is 5.56 Å². The fourth-order valence-corrected chi connectivity index (χ4v) is 3.61. The minimum Gasteiger partial charge on any atom is -0.360 e. The van der Waals surface area contributed by atoms with Crippen molar-refractivity contribution in [2.24, 2.45) is 0 Å². The monoisotopic (exact) mass is 355 g/mol. The Morgan fingerprint density at radius 2 is 2.08 bits per heavy atom. The molecule has 3 rings (SSSR count). The number of aromatic nitrogens is 1. The van der Waals surface area contributed by atoms with Gasteiger partial charge in [0.1, 0.15) is 5.76 Å². The van der Waals surface area contributed by atoms with E-state index in [1.54, 1.807) is 6.07 Å². The van der Waals surface area contributed by atoms with Gasteiger partial charge in [-0.2, -0.15) is 0 Å². The van der Waals surface area contributed by atoms with Crippen molar-refractivity contribution in [2.45, 2.75) is 58.2 Å². The van der Waals surface area contributed by atoms with E-state index >= 15 is 0 Å². The van der Waals surface area contributed by atoms with Crippen LogP contribution in [0.1, 0.15) is 61.3 Å². The first-order chi connectivity index (χ1) is 12.5. The predicted octanol–water partition coefficient (Wildman–Crippen LogP) is 3.92. The fourth-order valence-electron chi connectivity index (χ4n) is 3.61. The van der Waals surface area contributed by atoms with Crippen LogP contribution in [-0.2, 0) is 6.54 Å². The van der Waals surface area contributed by atoms with E-state index in [-0.39, 0.29) is 17.9 Å². The molecule has 1 aliphatic rings. The molecule has 0 bridgehead atoms. The van der Waals surface area contributed by atoms with Crippen LogP contribution in [0.5, 0.6) is 0 Å². The molecule has 140 valence electrons. The quantitative estimate of drug-likeness (QED) is 0.815. The Balaban J connectivity index is 1.59. The Labute approximate surface area is 156 Å². The molecule has 1 aromatic carbocycles. The lowest BCUT2D eigenvalue weighted by Crippen LogP contribution is -2.49. The van der Waals surface area contributed by atoms with Gasteiger partial charge in [0, 0.05) is 44.2 Å². The Morgan fingerprint density at radius 3 is 2.69 bits per heavy atom. The topological polar surface area (TPSA) is 49.6 Å². The molecule has 1 amide bonds. The van der Waals surface area contributed by atoms with E-state index in [4.69, 9.17) is 4.52 Å². The molecule has 0 unspecified atom stereocenters. The second-order valence-electron chi connectivity index (χ2n) is 7.67. The second-order valence-corrected chi connectivity index (χ2v) is 7.67. The molecule has 0 spiro atoms. The standard InChI is InChI=1S/C21H29N3O2/c1-15(2)20-13-19(22-26-20)21(25)23(4)18-10-11-24(16(3)12-18)14-17-8-6-5-7-9-17/h5-9,13,15-16,18H,10-12,14H2,1-4H3/t16-,18-/m0/s1. The molecule has 2 atom stereocenters. The number of likely N-dealkylation sites (tertiary alicyclic amines) is 1. The van der Waals surface area contributed by atoms with Crippen molar-refractivity contribution in [3.05, 3.63) is 53.4 Å². The minimum absolute atomic E-state index is 0.0469. The number of amides is 1. The predicted molar refractivity (Wildman–Crippen MR) is 102 cm³/mol. The lowest BCUT2D eigenvalue weighted by atomic mass is 9.96. The number of carbonyl (C=O) groups excluding carboxylic acids is 1. The van der Waals surface area contributed by atoms with Gasteiger partial charge < -0.3 is 9.42 Å². The Hall–Kier alpha value is -2.14. The largest absolute Gasteiger partial charge is 0.360 e. The van der Waals surface area contributed by atoms with Gasteiger partial charge in [-0.25, -0.2) is 0 Å². The molecular formula is C21H29N3O2. The number of rotatable bonds is 5. The van der Waals surface area contributed by atoms with Crippen LogP contribution >= 0.6 is 0 Å². The molecule has 0 saturated carbocycles. The van der Waals surface area contributed by atoms with Crippen molar-refractivity contribution in [1.82, 2.24) is 15.0 Å². The number of piperidine rings is 1. The minimum atomic E-state index is -0.0469. The van der Waals surface area contributed by atoms with Gasteiger partial charge in [0.25, 0.3) is 5.91 Å². The van der Waals surface area contributed by atoms with Crippen LogP contribution in [0.25, 0.3) is 0 Å². The van der Waals surface area contributed by atoms with Crippen molar-refractivity contribution >= 4 is 5.91 Å². The van der Waals surface area contributed by atoms with Crippen molar-refractivity contribution in [1.29, 1.82) is 0 Å². The highest BCUT2D eigenvalue weighted by Gasteiger charge is 2.31. The Morgan fingerprint density at radius 1 is 1.35 bits per heavy atom. The maximum atomic E-state index is 12.7. The summed E-state index contributed by atoms with van der Waals surface area (Å²) in [5.74, 6) is 0.942. The van der Waals surface area contributed by atoms with Gasteiger partial charge in [-0.05, 0) is 25.3 Å². The van der Waals surface area contributed by atoms with E-state index in [0.717, 1.165) is 31.7 Å². The number of nitrogens with zero attached hydrogens (tertiary/aromatic N) is 3. The summed E-state index contributed by atoms with van der Waals surface area (Å²) in [7, 11) is 1.89. The molecule has 2 heterocycles. The third-order valence-corrected chi connectivity index (χ3v) is 5.40. The molecule has 0 N–H and O–H groups in total. The first-order valence-electron chi connectivity index (χ1n) is 9.47. The number of hydrogen-bond acceptors (Lipinski definition) is 4. The summed E-state index contributed by atoms with van der Waals surface area (Å²) < 4.78 is 5.28. The molecule has 1 aromatic heterocycles. The van der Waals surface area contributed by atoms with Crippen LogP contribution in [0.2, 0.25) is 0 Å². The van der Waals surface area contributed by atoms with Gasteiger partial charge in [-0.3, -0.25) is 9.69 Å². The highest BCUT2D eigenvalue weighted by molar-refractivity contribution is 5.92. The van der Waals surface area contributed by atoms with E-state index in [9.17, 15) is 4.79 Å². The maximum absolute atomic E-state index is 12.7. The summed E-state index contributed by atoms with van der Waals surface area (Å²) in [5, 5.41) is 3.97. The molecule has 0 radical (unpaired) electrons. The molecule has 1 fully saturated rings. The van der Waals surface area contributed by atoms with E-state index in [1.807, 2.05) is 31.9 Å². The molecule has 5 nitrogen and oxygen atoms in total. The van der Waals surface area contributed by atoms with Crippen LogP contribution in [-0.4, -0.2) is 46.5 Å². The van der Waals surface area contributed by atoms with E-state index < -0.39 is 0 Å². The van der Waals surface area contributed by atoms with Crippen LogP contribution < -0.4 is 0 Å². The Kier molecular flexibility index (Phi) is 5.77. The van der Waals surface area contributed by atoms with Gasteiger partial charge in [-0.15, -0.1) is 0 Å². The summed E-state index contributed by atoms with van der Waals surface area (Å²) in [6.45, 7) is 8.27. The van der Waals surface area contributed by atoms with Gasteiger partial charge in [0.15, 0.2) is 5.69 Å². The average molecular weight is 355 g/mol. The van der Waals surface area contributed by atoms with Gasteiger partial charge in [0.2, 0.25) is 0 Å². The van der Waals surface area contributed by atoms with E-state index in [2.05, 4.69) is 41.2 Å². The number of benzene rings is 1. The van der Waals surface area contributed by atoms with Crippen LogP contribution in [0.3, 0.4) is 0 Å². The van der Waals surface area contributed by atoms with Crippen molar-refractivity contribution in [3.8, 4) is 0 Å². The number of carbonyl (C=O) groups is 1. The second kappa shape index (κ2) is 8.04. The lowest BCUT2D eigenvalue weighted by molar-refractivity contribution is 0.0530. The molecule has 1 saturated heterocycles. The highest BCUT2D eigenvalue weighted by atomic mass is 16.5. The van der Waals surface area contributed by atoms with Crippen LogP contribution in [0.4, 0.5) is 0 Å². The summed E-state index contributed by atoms with van der Waals surface area (Å²) in [6.07, 6.45) is 1.96. The Bertz CT molecular complexity index is 726.